The smallest absolute Gasteiger partial charge is 0.0963 e. The Morgan fingerprint density at radius 1 is 1.50 bits per heavy atom. The molecule has 86 valence electrons. The van der Waals surface area contributed by atoms with Crippen molar-refractivity contribution in [3.63, 3.8) is 0 Å². The average molecular weight is 284 g/mol. The van der Waals surface area contributed by atoms with Crippen molar-refractivity contribution >= 4 is 15.9 Å². The van der Waals surface area contributed by atoms with Crippen molar-refractivity contribution in [3.05, 3.63) is 29.8 Å². The van der Waals surface area contributed by atoms with Crippen molar-refractivity contribution in [1.82, 2.24) is 24.8 Å². The fraction of sp³-hybridized carbons (Fsp3) is 0.500. The summed E-state index contributed by atoms with van der Waals surface area (Å²) in [5, 5.41) is 12.5. The second-order valence-corrected chi connectivity index (χ2v) is 4.80. The predicted molar refractivity (Wildman–Crippen MR) is 64.3 cm³/mol. The summed E-state index contributed by atoms with van der Waals surface area (Å²) in [5.74, 6) is 0. The molecule has 5 nitrogen and oxygen atoms in total. The summed E-state index contributed by atoms with van der Waals surface area (Å²) in [7, 11) is 1.90. The third-order valence-electron chi connectivity index (χ3n) is 2.33. The van der Waals surface area contributed by atoms with Crippen LogP contribution in [0.4, 0.5) is 0 Å². The molecule has 1 atom stereocenters. The zero-order valence-electron chi connectivity index (χ0n) is 9.34. The highest BCUT2D eigenvalue weighted by Crippen LogP contribution is 2.23. The monoisotopic (exact) mass is 283 g/mol. The Kier molecular flexibility index (Phi) is 3.38. The number of hydrogen-bond donors (Lipinski definition) is 0. The molecule has 2 aromatic rings. The van der Waals surface area contributed by atoms with Crippen molar-refractivity contribution in [1.29, 1.82) is 0 Å². The van der Waals surface area contributed by atoms with Gasteiger partial charge < -0.3 is 0 Å². The summed E-state index contributed by atoms with van der Waals surface area (Å²) in [6, 6.07) is 1.98. The lowest BCUT2D eigenvalue weighted by molar-refractivity contribution is 0.624. The van der Waals surface area contributed by atoms with Crippen LogP contribution >= 0.6 is 15.9 Å². The first-order chi connectivity index (χ1) is 7.69. The van der Waals surface area contributed by atoms with Crippen molar-refractivity contribution in [2.24, 2.45) is 7.05 Å². The molecule has 2 rings (SSSR count). The van der Waals surface area contributed by atoms with Crippen LogP contribution in [0.15, 0.2) is 18.5 Å². The summed E-state index contributed by atoms with van der Waals surface area (Å²) >= 11 is 3.55. The third kappa shape index (κ3) is 2.49. The highest BCUT2D eigenvalue weighted by molar-refractivity contribution is 9.09. The highest BCUT2D eigenvalue weighted by atomic mass is 79.9. The van der Waals surface area contributed by atoms with Gasteiger partial charge in [0, 0.05) is 13.2 Å². The van der Waals surface area contributed by atoms with Crippen LogP contribution in [0.5, 0.6) is 0 Å². The minimum absolute atomic E-state index is 0.282. The first-order valence-corrected chi connectivity index (χ1v) is 6.13. The van der Waals surface area contributed by atoms with E-state index in [0.29, 0.717) is 6.54 Å². The van der Waals surface area contributed by atoms with Gasteiger partial charge in [-0.05, 0) is 12.5 Å². The van der Waals surface area contributed by atoms with Crippen LogP contribution in [0.3, 0.4) is 0 Å². The van der Waals surface area contributed by atoms with Gasteiger partial charge in [-0.25, -0.2) is 4.68 Å². The molecule has 2 aromatic heterocycles. The summed E-state index contributed by atoms with van der Waals surface area (Å²) in [4.78, 5) is 0.282. The maximum Gasteiger partial charge on any atom is 0.0963 e. The molecule has 0 saturated carbocycles. The fourth-order valence-electron chi connectivity index (χ4n) is 1.46. The Labute approximate surface area is 103 Å². The second-order valence-electron chi connectivity index (χ2n) is 3.70. The second kappa shape index (κ2) is 4.78. The van der Waals surface area contributed by atoms with E-state index in [4.69, 9.17) is 0 Å². The first kappa shape index (κ1) is 11.3. The number of halogens is 1. The predicted octanol–water partition coefficient (Wildman–Crippen LogP) is 1.91. The molecule has 0 aliphatic rings. The number of aryl methyl sites for hydroxylation is 1. The van der Waals surface area contributed by atoms with Gasteiger partial charge >= 0.3 is 0 Å². The molecule has 0 aliphatic carbocycles. The van der Waals surface area contributed by atoms with E-state index in [2.05, 4.69) is 38.3 Å². The van der Waals surface area contributed by atoms with Gasteiger partial charge in [-0.15, -0.1) is 5.10 Å². The van der Waals surface area contributed by atoms with Gasteiger partial charge in [0.05, 0.1) is 29.0 Å². The van der Waals surface area contributed by atoms with Gasteiger partial charge in [0.25, 0.3) is 0 Å². The molecule has 0 N–H and O–H groups in total. The van der Waals surface area contributed by atoms with Gasteiger partial charge in [-0.1, -0.05) is 28.1 Å². The maximum absolute atomic E-state index is 4.30. The molecule has 16 heavy (non-hydrogen) atoms. The molecule has 0 fully saturated rings. The topological polar surface area (TPSA) is 48.5 Å². The molecule has 2 heterocycles. The summed E-state index contributed by atoms with van der Waals surface area (Å²) in [6.07, 6.45) is 4.88. The number of alkyl halides is 1. The van der Waals surface area contributed by atoms with Crippen LogP contribution in [0.25, 0.3) is 0 Å². The Bertz CT molecular complexity index is 461. The zero-order chi connectivity index (χ0) is 11.5. The molecule has 0 radical (unpaired) electrons. The summed E-state index contributed by atoms with van der Waals surface area (Å²) in [5.41, 5.74) is 1.96. The van der Waals surface area contributed by atoms with Gasteiger partial charge in [0.2, 0.25) is 0 Å². The van der Waals surface area contributed by atoms with Gasteiger partial charge in [-0.3, -0.25) is 4.68 Å². The van der Waals surface area contributed by atoms with Crippen molar-refractivity contribution in [3.8, 4) is 0 Å². The zero-order valence-corrected chi connectivity index (χ0v) is 10.9. The minimum atomic E-state index is 0.282. The molecular weight excluding hydrogens is 270 g/mol. The van der Waals surface area contributed by atoms with E-state index in [1.54, 1.807) is 4.68 Å². The largest absolute Gasteiger partial charge is 0.275 e. The minimum Gasteiger partial charge on any atom is -0.275 e. The molecule has 0 aromatic carbocycles. The lowest BCUT2D eigenvalue weighted by Crippen LogP contribution is -2.02. The van der Waals surface area contributed by atoms with Crippen LogP contribution in [-0.2, 0) is 13.6 Å². The molecule has 1 unspecified atom stereocenters. The Morgan fingerprint density at radius 2 is 2.31 bits per heavy atom. The molecule has 0 spiro atoms. The van der Waals surface area contributed by atoms with Crippen LogP contribution in [0.2, 0.25) is 0 Å². The van der Waals surface area contributed by atoms with E-state index in [-0.39, 0.29) is 4.83 Å². The SMILES string of the molecule is CCC(Br)c1cn(Cc2ccn(C)n2)nn1. The standard InChI is InChI=1S/C10H14BrN5/c1-3-9(11)10-7-16(14-12-10)6-8-4-5-15(2)13-8/h4-5,7,9H,3,6H2,1-2H3. The van der Waals surface area contributed by atoms with Crippen LogP contribution in [0, 0.1) is 0 Å². The van der Waals surface area contributed by atoms with Crippen LogP contribution in [-0.4, -0.2) is 24.8 Å². The average Bonchev–Trinajstić information content (AvgIpc) is 2.87. The normalized spacial score (nSPS) is 12.9. The molecule has 0 bridgehead atoms. The van der Waals surface area contributed by atoms with Crippen molar-refractivity contribution < 1.29 is 0 Å². The van der Waals surface area contributed by atoms with E-state index in [1.807, 2.05) is 30.2 Å². The van der Waals surface area contributed by atoms with Gasteiger partial charge in [0.1, 0.15) is 0 Å². The van der Waals surface area contributed by atoms with E-state index in [9.17, 15) is 0 Å². The lowest BCUT2D eigenvalue weighted by atomic mass is 10.3. The number of nitrogens with zero attached hydrogens (tertiary/aromatic N) is 5. The molecule has 0 aliphatic heterocycles. The Balaban J connectivity index is 2.08. The Morgan fingerprint density at radius 3 is 2.94 bits per heavy atom. The van der Waals surface area contributed by atoms with E-state index in [0.717, 1.165) is 17.8 Å². The lowest BCUT2D eigenvalue weighted by Gasteiger charge is -1.99. The fourth-order valence-corrected chi connectivity index (χ4v) is 1.67. The molecule has 0 amide bonds. The third-order valence-corrected chi connectivity index (χ3v) is 3.45. The molecule has 6 heteroatoms. The molecular formula is C10H14BrN5. The van der Waals surface area contributed by atoms with Gasteiger partial charge in [-0.2, -0.15) is 5.10 Å². The van der Waals surface area contributed by atoms with Crippen LogP contribution < -0.4 is 0 Å². The van der Waals surface area contributed by atoms with Crippen molar-refractivity contribution in [2.75, 3.05) is 0 Å². The van der Waals surface area contributed by atoms with E-state index < -0.39 is 0 Å². The van der Waals surface area contributed by atoms with E-state index in [1.165, 1.54) is 0 Å². The van der Waals surface area contributed by atoms with Gasteiger partial charge in [0.15, 0.2) is 0 Å². The summed E-state index contributed by atoms with van der Waals surface area (Å²) < 4.78 is 3.59. The maximum atomic E-state index is 4.30. The highest BCUT2D eigenvalue weighted by Gasteiger charge is 2.09. The van der Waals surface area contributed by atoms with E-state index >= 15 is 0 Å². The first-order valence-electron chi connectivity index (χ1n) is 5.21. The molecule has 0 saturated heterocycles. The summed E-state index contributed by atoms with van der Waals surface area (Å²) in [6.45, 7) is 2.77. The number of rotatable bonds is 4. The number of aromatic nitrogens is 5. The Hall–Kier alpha value is -1.17. The quantitative estimate of drug-likeness (QED) is 0.806. The number of hydrogen-bond acceptors (Lipinski definition) is 3. The van der Waals surface area contributed by atoms with Crippen molar-refractivity contribution in [2.45, 2.75) is 24.7 Å². The van der Waals surface area contributed by atoms with Crippen LogP contribution in [0.1, 0.15) is 29.6 Å².